The Kier molecular flexibility index (Phi) is 2.61. The molecule has 2 heterocycles. The molecule has 0 fully saturated rings. The molecule has 0 aliphatic carbocycles. The van der Waals surface area contributed by atoms with Crippen LogP contribution >= 0.6 is 0 Å². The predicted molar refractivity (Wildman–Crippen MR) is 79.0 cm³/mol. The molecule has 0 spiro atoms. The zero-order valence-corrected chi connectivity index (χ0v) is 11.5. The maximum atomic E-state index is 12.1. The standard InChI is InChI=1S/C15H17N3O2/c1-4-5-13-16-11-6-9-10(7-12(11)17-13)18-14(20)15(9,3)8(2)19/h4,6-7,13,16-17H,1,5H2,2-3H3,(H,18,20). The fourth-order valence-electron chi connectivity index (χ4n) is 2.77. The molecule has 5 heteroatoms. The topological polar surface area (TPSA) is 70.2 Å². The number of amides is 1. The highest BCUT2D eigenvalue weighted by Gasteiger charge is 2.47. The maximum absolute atomic E-state index is 12.1. The monoisotopic (exact) mass is 271 g/mol. The normalized spacial score (nSPS) is 26.1. The smallest absolute Gasteiger partial charge is 0.242 e. The van der Waals surface area contributed by atoms with Gasteiger partial charge in [0.05, 0.1) is 17.5 Å². The Labute approximate surface area is 117 Å². The van der Waals surface area contributed by atoms with E-state index in [0.29, 0.717) is 5.69 Å². The fourth-order valence-corrected chi connectivity index (χ4v) is 2.77. The van der Waals surface area contributed by atoms with Crippen LogP contribution in [-0.4, -0.2) is 17.9 Å². The summed E-state index contributed by atoms with van der Waals surface area (Å²) in [4.78, 5) is 24.0. The zero-order chi connectivity index (χ0) is 14.5. The number of carbonyl (C=O) groups is 2. The number of carbonyl (C=O) groups excluding carboxylic acids is 2. The third-order valence-electron chi connectivity index (χ3n) is 4.16. The average Bonchev–Trinajstić information content (AvgIpc) is 2.88. The number of nitrogens with one attached hydrogen (secondary N) is 3. The van der Waals surface area contributed by atoms with Crippen LogP contribution in [0.1, 0.15) is 25.8 Å². The number of hydrogen-bond acceptors (Lipinski definition) is 4. The highest BCUT2D eigenvalue weighted by molar-refractivity contribution is 6.21. The number of fused-ring (bicyclic) bond motifs is 2. The number of benzene rings is 1. The van der Waals surface area contributed by atoms with Gasteiger partial charge in [-0.3, -0.25) is 9.59 Å². The van der Waals surface area contributed by atoms with Crippen molar-refractivity contribution in [1.29, 1.82) is 0 Å². The van der Waals surface area contributed by atoms with Crippen molar-refractivity contribution in [3.63, 3.8) is 0 Å². The summed E-state index contributed by atoms with van der Waals surface area (Å²) < 4.78 is 0. The second-order valence-corrected chi connectivity index (χ2v) is 5.44. The molecular formula is C15H17N3O2. The molecule has 2 unspecified atom stereocenters. The molecule has 104 valence electrons. The third-order valence-corrected chi connectivity index (χ3v) is 4.16. The van der Waals surface area contributed by atoms with Gasteiger partial charge in [-0.15, -0.1) is 6.58 Å². The van der Waals surface area contributed by atoms with Gasteiger partial charge in [0.1, 0.15) is 11.2 Å². The summed E-state index contributed by atoms with van der Waals surface area (Å²) in [6, 6.07) is 3.77. The Morgan fingerprint density at radius 1 is 1.35 bits per heavy atom. The number of anilines is 3. The predicted octanol–water partition coefficient (Wildman–Crippen LogP) is 2.22. The minimum Gasteiger partial charge on any atom is -0.363 e. The van der Waals surface area contributed by atoms with Crippen LogP contribution < -0.4 is 16.0 Å². The second-order valence-electron chi connectivity index (χ2n) is 5.44. The van der Waals surface area contributed by atoms with E-state index in [1.165, 1.54) is 6.92 Å². The first-order chi connectivity index (χ1) is 9.46. The Bertz CT molecular complexity index is 638. The van der Waals surface area contributed by atoms with Gasteiger partial charge in [0, 0.05) is 17.7 Å². The SMILES string of the molecule is C=CCC1Nc2cc3c(cc2N1)C(C)(C(C)=O)C(=O)N3. The number of rotatable bonds is 3. The van der Waals surface area contributed by atoms with Gasteiger partial charge < -0.3 is 16.0 Å². The minimum atomic E-state index is -1.09. The van der Waals surface area contributed by atoms with E-state index < -0.39 is 5.41 Å². The molecule has 3 N–H and O–H groups in total. The third kappa shape index (κ3) is 1.56. The fraction of sp³-hybridized carbons (Fsp3) is 0.333. The summed E-state index contributed by atoms with van der Waals surface area (Å²) in [7, 11) is 0. The minimum absolute atomic E-state index is 0.101. The summed E-state index contributed by atoms with van der Waals surface area (Å²) in [6.45, 7) is 6.85. The Morgan fingerprint density at radius 3 is 2.60 bits per heavy atom. The molecule has 0 saturated carbocycles. The van der Waals surface area contributed by atoms with Crippen LogP contribution in [0.3, 0.4) is 0 Å². The Hall–Kier alpha value is -2.30. The van der Waals surface area contributed by atoms with Gasteiger partial charge in [-0.2, -0.15) is 0 Å². The van der Waals surface area contributed by atoms with E-state index in [0.717, 1.165) is 23.4 Å². The van der Waals surface area contributed by atoms with Crippen molar-refractivity contribution in [2.75, 3.05) is 16.0 Å². The molecule has 0 radical (unpaired) electrons. The van der Waals surface area contributed by atoms with Crippen LogP contribution in [0.5, 0.6) is 0 Å². The first-order valence-corrected chi connectivity index (χ1v) is 6.62. The van der Waals surface area contributed by atoms with Crippen molar-refractivity contribution in [1.82, 2.24) is 0 Å². The molecule has 2 aliphatic heterocycles. The van der Waals surface area contributed by atoms with Crippen molar-refractivity contribution >= 4 is 28.8 Å². The Morgan fingerprint density at radius 2 is 2.00 bits per heavy atom. The average molecular weight is 271 g/mol. The molecule has 2 aliphatic rings. The molecule has 1 amide bonds. The number of Topliss-reactive ketones (excluding diaryl/α,β-unsaturated/α-hetero) is 1. The van der Waals surface area contributed by atoms with Gasteiger partial charge >= 0.3 is 0 Å². The van der Waals surface area contributed by atoms with Gasteiger partial charge in [-0.05, 0) is 26.0 Å². The molecule has 20 heavy (non-hydrogen) atoms. The summed E-state index contributed by atoms with van der Waals surface area (Å²) in [6.07, 6.45) is 2.73. The van der Waals surface area contributed by atoms with E-state index >= 15 is 0 Å². The van der Waals surface area contributed by atoms with Crippen molar-refractivity contribution in [3.05, 3.63) is 30.4 Å². The molecule has 1 aromatic rings. The molecular weight excluding hydrogens is 254 g/mol. The van der Waals surface area contributed by atoms with Crippen molar-refractivity contribution in [2.45, 2.75) is 31.8 Å². The van der Waals surface area contributed by atoms with Crippen LogP contribution in [0, 0.1) is 0 Å². The highest BCUT2D eigenvalue weighted by atomic mass is 16.2. The van der Waals surface area contributed by atoms with Gasteiger partial charge in [0.2, 0.25) is 5.91 Å². The van der Waals surface area contributed by atoms with Crippen molar-refractivity contribution in [2.24, 2.45) is 0 Å². The number of hydrogen-bond donors (Lipinski definition) is 3. The number of ketones is 1. The van der Waals surface area contributed by atoms with Crippen LogP contribution in [0.2, 0.25) is 0 Å². The van der Waals surface area contributed by atoms with Crippen LogP contribution in [0.4, 0.5) is 17.1 Å². The first kappa shape index (κ1) is 12.7. The highest BCUT2D eigenvalue weighted by Crippen LogP contribution is 2.44. The van der Waals surface area contributed by atoms with E-state index in [9.17, 15) is 9.59 Å². The summed E-state index contributed by atoms with van der Waals surface area (Å²) in [5.74, 6) is -0.409. The van der Waals surface area contributed by atoms with Crippen LogP contribution in [0.15, 0.2) is 24.8 Å². The van der Waals surface area contributed by atoms with Gasteiger partial charge in [0.25, 0.3) is 0 Å². The maximum Gasteiger partial charge on any atom is 0.242 e. The van der Waals surface area contributed by atoms with E-state index in [2.05, 4.69) is 22.5 Å². The molecule has 1 aromatic carbocycles. The first-order valence-electron chi connectivity index (χ1n) is 6.62. The lowest BCUT2D eigenvalue weighted by molar-refractivity contribution is -0.130. The summed E-state index contributed by atoms with van der Waals surface area (Å²) >= 11 is 0. The lowest BCUT2D eigenvalue weighted by Gasteiger charge is -2.18. The molecule has 3 rings (SSSR count). The van der Waals surface area contributed by atoms with Crippen molar-refractivity contribution < 1.29 is 9.59 Å². The molecule has 0 bridgehead atoms. The quantitative estimate of drug-likeness (QED) is 0.582. The van der Waals surface area contributed by atoms with E-state index in [1.54, 1.807) is 6.92 Å². The van der Waals surface area contributed by atoms with Gasteiger partial charge in [0.15, 0.2) is 0 Å². The summed E-state index contributed by atoms with van der Waals surface area (Å²) in [5, 5.41) is 9.44. The lowest BCUT2D eigenvalue weighted by Crippen LogP contribution is -2.37. The van der Waals surface area contributed by atoms with Crippen molar-refractivity contribution in [3.8, 4) is 0 Å². The van der Waals surface area contributed by atoms with E-state index in [1.807, 2.05) is 18.2 Å². The van der Waals surface area contributed by atoms with Gasteiger partial charge in [-0.25, -0.2) is 0 Å². The second kappa shape index (κ2) is 4.10. The van der Waals surface area contributed by atoms with E-state index in [4.69, 9.17) is 0 Å². The van der Waals surface area contributed by atoms with Crippen LogP contribution in [0.25, 0.3) is 0 Å². The Balaban J connectivity index is 2.05. The zero-order valence-electron chi connectivity index (χ0n) is 11.5. The molecule has 5 nitrogen and oxygen atoms in total. The lowest BCUT2D eigenvalue weighted by atomic mass is 9.80. The summed E-state index contributed by atoms with van der Waals surface area (Å²) in [5.41, 5.74) is 2.20. The molecule has 0 saturated heterocycles. The largest absolute Gasteiger partial charge is 0.363 e. The van der Waals surface area contributed by atoms with Crippen LogP contribution in [-0.2, 0) is 15.0 Å². The van der Waals surface area contributed by atoms with Gasteiger partial charge in [-0.1, -0.05) is 6.08 Å². The van der Waals surface area contributed by atoms with E-state index in [-0.39, 0.29) is 17.9 Å². The molecule has 0 aromatic heterocycles. The molecule has 2 atom stereocenters.